The Labute approximate surface area is 131 Å². The summed E-state index contributed by atoms with van der Waals surface area (Å²) in [5.41, 5.74) is 0.958. The van der Waals surface area contributed by atoms with Crippen molar-refractivity contribution >= 4 is 5.96 Å². The number of aliphatic imine (C=N–C) groups is 1. The van der Waals surface area contributed by atoms with Crippen LogP contribution in [0.15, 0.2) is 32.1 Å². The van der Waals surface area contributed by atoms with Crippen LogP contribution in [0.5, 0.6) is 0 Å². The molecule has 6 heteroatoms. The van der Waals surface area contributed by atoms with E-state index in [1.54, 1.807) is 7.05 Å². The lowest BCUT2D eigenvalue weighted by Gasteiger charge is -2.15. The lowest BCUT2D eigenvalue weighted by atomic mass is 10.1. The van der Waals surface area contributed by atoms with Crippen LogP contribution >= 0.6 is 0 Å². The van der Waals surface area contributed by atoms with Crippen molar-refractivity contribution in [3.8, 4) is 0 Å². The Morgan fingerprint density at radius 3 is 2.64 bits per heavy atom. The summed E-state index contributed by atoms with van der Waals surface area (Å²) >= 11 is 0. The molecule has 1 atom stereocenters. The number of aryl methyl sites for hydroxylation is 1. The lowest BCUT2D eigenvalue weighted by molar-refractivity contribution is 0.371. The third kappa shape index (κ3) is 4.13. The molecule has 22 heavy (non-hydrogen) atoms. The number of nitrogens with zero attached hydrogens (tertiary/aromatic N) is 2. The van der Waals surface area contributed by atoms with Crippen LogP contribution in [0, 0.1) is 6.92 Å². The van der Waals surface area contributed by atoms with E-state index in [4.69, 9.17) is 8.94 Å². The Balaban J connectivity index is 1.89. The third-order valence-corrected chi connectivity index (χ3v) is 3.36. The quantitative estimate of drug-likeness (QED) is 0.655. The van der Waals surface area contributed by atoms with Gasteiger partial charge < -0.3 is 19.6 Å². The first-order valence-electron chi connectivity index (χ1n) is 7.48. The Morgan fingerprint density at radius 2 is 2.09 bits per heavy atom. The minimum Gasteiger partial charge on any atom is -0.464 e. The van der Waals surface area contributed by atoms with Gasteiger partial charge >= 0.3 is 0 Å². The predicted molar refractivity (Wildman–Crippen MR) is 85.8 cm³/mol. The lowest BCUT2D eigenvalue weighted by Crippen LogP contribution is -2.38. The molecule has 120 valence electrons. The highest BCUT2D eigenvalue weighted by atomic mass is 16.5. The van der Waals surface area contributed by atoms with Gasteiger partial charge in [0.1, 0.15) is 11.5 Å². The molecule has 0 aliphatic rings. The maximum atomic E-state index is 5.61. The molecule has 2 aromatic heterocycles. The highest BCUT2D eigenvalue weighted by Crippen LogP contribution is 2.16. The SMILES string of the molecule is CN=C(NCc1cc(C(C)C)no1)NC(C)c1ccc(C)o1. The van der Waals surface area contributed by atoms with Crippen LogP contribution in [0.1, 0.15) is 55.7 Å². The van der Waals surface area contributed by atoms with Crippen LogP contribution in [0.2, 0.25) is 0 Å². The van der Waals surface area contributed by atoms with Gasteiger partial charge in [0.05, 0.1) is 18.3 Å². The van der Waals surface area contributed by atoms with Crippen LogP contribution in [0.4, 0.5) is 0 Å². The van der Waals surface area contributed by atoms with E-state index in [1.165, 1.54) is 0 Å². The van der Waals surface area contributed by atoms with Gasteiger partial charge in [-0.1, -0.05) is 19.0 Å². The number of guanidine groups is 1. The van der Waals surface area contributed by atoms with Crippen LogP contribution < -0.4 is 10.6 Å². The summed E-state index contributed by atoms with van der Waals surface area (Å²) in [7, 11) is 1.73. The average molecular weight is 304 g/mol. The van der Waals surface area contributed by atoms with Crippen molar-refractivity contribution in [2.75, 3.05) is 7.05 Å². The van der Waals surface area contributed by atoms with Crippen molar-refractivity contribution in [3.05, 3.63) is 41.2 Å². The third-order valence-electron chi connectivity index (χ3n) is 3.36. The van der Waals surface area contributed by atoms with E-state index < -0.39 is 0 Å². The molecule has 0 fully saturated rings. The molecule has 2 N–H and O–H groups in total. The molecule has 0 aromatic carbocycles. The van der Waals surface area contributed by atoms with Crippen molar-refractivity contribution in [2.45, 2.75) is 46.2 Å². The fraction of sp³-hybridized carbons (Fsp3) is 0.500. The molecule has 0 spiro atoms. The minimum atomic E-state index is 0.0286. The molecule has 1 unspecified atom stereocenters. The molecular formula is C16H24N4O2. The Morgan fingerprint density at radius 1 is 1.32 bits per heavy atom. The van der Waals surface area contributed by atoms with Crippen LogP contribution in [0.25, 0.3) is 0 Å². The van der Waals surface area contributed by atoms with E-state index in [2.05, 4.69) is 34.6 Å². The fourth-order valence-electron chi connectivity index (χ4n) is 2.01. The normalized spacial score (nSPS) is 13.5. The summed E-state index contributed by atoms with van der Waals surface area (Å²) in [6.07, 6.45) is 0. The summed E-state index contributed by atoms with van der Waals surface area (Å²) in [5.74, 6) is 3.60. The molecule has 0 bridgehead atoms. The first kappa shape index (κ1) is 16.1. The second-order valence-electron chi connectivity index (χ2n) is 5.61. The molecule has 2 heterocycles. The number of hydrogen-bond donors (Lipinski definition) is 2. The van der Waals surface area contributed by atoms with Gasteiger partial charge in [-0.2, -0.15) is 0 Å². The maximum Gasteiger partial charge on any atom is 0.191 e. The number of aromatic nitrogens is 1. The van der Waals surface area contributed by atoms with Gasteiger partial charge in [0.2, 0.25) is 0 Å². The second-order valence-corrected chi connectivity index (χ2v) is 5.61. The number of rotatable bonds is 5. The molecule has 0 aliphatic carbocycles. The van der Waals surface area contributed by atoms with E-state index >= 15 is 0 Å². The zero-order chi connectivity index (χ0) is 16.1. The van der Waals surface area contributed by atoms with E-state index in [0.717, 1.165) is 23.0 Å². The summed E-state index contributed by atoms with van der Waals surface area (Å²) < 4.78 is 10.9. The summed E-state index contributed by atoms with van der Waals surface area (Å²) in [6, 6.07) is 5.91. The van der Waals surface area contributed by atoms with Gasteiger partial charge in [-0.3, -0.25) is 4.99 Å². The molecule has 0 aliphatic heterocycles. The van der Waals surface area contributed by atoms with Gasteiger partial charge in [0.15, 0.2) is 11.7 Å². The highest BCUT2D eigenvalue weighted by Gasteiger charge is 2.12. The van der Waals surface area contributed by atoms with Crippen molar-refractivity contribution in [1.29, 1.82) is 0 Å². The maximum absolute atomic E-state index is 5.61. The molecule has 0 radical (unpaired) electrons. The number of hydrogen-bond acceptors (Lipinski definition) is 4. The topological polar surface area (TPSA) is 75.6 Å². The molecular weight excluding hydrogens is 280 g/mol. The zero-order valence-corrected chi connectivity index (χ0v) is 13.8. The summed E-state index contributed by atoms with van der Waals surface area (Å²) in [6.45, 7) is 8.66. The minimum absolute atomic E-state index is 0.0286. The van der Waals surface area contributed by atoms with Crippen molar-refractivity contribution in [2.24, 2.45) is 4.99 Å². The second kappa shape index (κ2) is 7.15. The number of furan rings is 1. The van der Waals surface area contributed by atoms with Gasteiger partial charge in [-0.05, 0) is 31.9 Å². The highest BCUT2D eigenvalue weighted by molar-refractivity contribution is 5.79. The Bertz CT molecular complexity index is 628. The van der Waals surface area contributed by atoms with Gasteiger partial charge in [-0.15, -0.1) is 0 Å². The summed E-state index contributed by atoms with van der Waals surface area (Å²) in [4.78, 5) is 4.21. The van der Waals surface area contributed by atoms with E-state index in [0.29, 0.717) is 18.4 Å². The largest absolute Gasteiger partial charge is 0.464 e. The van der Waals surface area contributed by atoms with Gasteiger partial charge in [0, 0.05) is 13.1 Å². The molecule has 0 saturated heterocycles. The number of nitrogens with one attached hydrogen (secondary N) is 2. The van der Waals surface area contributed by atoms with Crippen molar-refractivity contribution < 1.29 is 8.94 Å². The molecule has 0 saturated carbocycles. The van der Waals surface area contributed by atoms with E-state index in [-0.39, 0.29) is 6.04 Å². The van der Waals surface area contributed by atoms with Gasteiger partial charge in [-0.25, -0.2) is 0 Å². The summed E-state index contributed by atoms with van der Waals surface area (Å²) in [5, 5.41) is 10.5. The zero-order valence-electron chi connectivity index (χ0n) is 13.8. The van der Waals surface area contributed by atoms with Crippen LogP contribution in [0.3, 0.4) is 0 Å². The molecule has 0 amide bonds. The standard InChI is InChI=1S/C16H24N4O2/c1-10(2)14-8-13(22-20-14)9-18-16(17-5)19-12(4)15-7-6-11(3)21-15/h6-8,10,12H,9H2,1-5H3,(H2,17,18,19). The Hall–Kier alpha value is -2.24. The predicted octanol–water partition coefficient (Wildman–Crippen LogP) is 3.13. The Kier molecular flexibility index (Phi) is 5.25. The van der Waals surface area contributed by atoms with E-state index in [9.17, 15) is 0 Å². The average Bonchev–Trinajstić information content (AvgIpc) is 3.12. The molecule has 2 rings (SSSR count). The molecule has 2 aromatic rings. The first-order chi connectivity index (χ1) is 10.5. The van der Waals surface area contributed by atoms with Gasteiger partial charge in [0.25, 0.3) is 0 Å². The monoisotopic (exact) mass is 304 g/mol. The first-order valence-corrected chi connectivity index (χ1v) is 7.48. The van der Waals surface area contributed by atoms with Crippen molar-refractivity contribution in [3.63, 3.8) is 0 Å². The van der Waals surface area contributed by atoms with Crippen molar-refractivity contribution in [1.82, 2.24) is 15.8 Å². The van der Waals surface area contributed by atoms with Crippen LogP contribution in [-0.4, -0.2) is 18.2 Å². The van der Waals surface area contributed by atoms with E-state index in [1.807, 2.05) is 32.0 Å². The smallest absolute Gasteiger partial charge is 0.191 e. The molecule has 6 nitrogen and oxygen atoms in total. The van der Waals surface area contributed by atoms with Crippen LogP contribution in [-0.2, 0) is 6.54 Å². The fourth-order valence-corrected chi connectivity index (χ4v) is 2.01.